The number of hydrogen-bond acceptors (Lipinski definition) is 6. The second kappa shape index (κ2) is 7.17. The highest BCUT2D eigenvalue weighted by Gasteiger charge is 2.37. The molecule has 9 heteroatoms. The lowest BCUT2D eigenvalue weighted by atomic mass is 9.89. The van der Waals surface area contributed by atoms with Crippen molar-refractivity contribution >= 4 is 40.6 Å². The molecular formula is C18H14Cl2N2O5. The maximum absolute atomic E-state index is 11.7. The van der Waals surface area contributed by atoms with E-state index in [1.807, 2.05) is 6.92 Å². The molecule has 0 aromatic heterocycles. The largest absolute Gasteiger partial charge is 0.465 e. The van der Waals surface area contributed by atoms with Crippen LogP contribution in [-0.2, 0) is 15.2 Å². The van der Waals surface area contributed by atoms with Gasteiger partial charge in [-0.25, -0.2) is 4.79 Å². The number of hydrogen-bond donors (Lipinski definition) is 0. The third-order valence-corrected chi connectivity index (χ3v) is 4.70. The van der Waals surface area contributed by atoms with Gasteiger partial charge >= 0.3 is 5.97 Å². The molecule has 0 saturated carbocycles. The van der Waals surface area contributed by atoms with Gasteiger partial charge in [0, 0.05) is 33.7 Å². The van der Waals surface area contributed by atoms with E-state index < -0.39 is 16.5 Å². The number of nitrogens with zero attached hydrogens (tertiary/aromatic N) is 2. The fourth-order valence-electron chi connectivity index (χ4n) is 2.85. The average Bonchev–Trinajstić information content (AvgIpc) is 3.03. The second-order valence-corrected chi connectivity index (χ2v) is 7.05. The molecule has 0 N–H and O–H groups in total. The smallest absolute Gasteiger partial charge is 0.344 e. The van der Waals surface area contributed by atoms with Crippen LogP contribution in [0.5, 0.6) is 0 Å². The van der Waals surface area contributed by atoms with Gasteiger partial charge in [-0.1, -0.05) is 34.4 Å². The molecule has 0 aliphatic carbocycles. The van der Waals surface area contributed by atoms with Gasteiger partial charge in [-0.15, -0.1) is 0 Å². The second-order valence-electron chi connectivity index (χ2n) is 6.18. The fourth-order valence-corrected chi connectivity index (χ4v) is 3.38. The maximum atomic E-state index is 11.7. The van der Waals surface area contributed by atoms with Gasteiger partial charge in [0.15, 0.2) is 5.60 Å². The molecule has 1 heterocycles. The normalized spacial score (nSPS) is 18.6. The van der Waals surface area contributed by atoms with Crippen LogP contribution in [0.15, 0.2) is 41.6 Å². The standard InChI is InChI=1S/C18H14Cl2N2O5/c1-18(11-6-12(19)8-13(20)7-11)9-15(21-27-18)10-3-4-14(17(23)26-2)16(5-10)22(24)25/h3-8H,9H2,1-2H3. The zero-order valence-corrected chi connectivity index (χ0v) is 15.9. The summed E-state index contributed by atoms with van der Waals surface area (Å²) in [7, 11) is 1.16. The molecule has 3 rings (SSSR count). The first-order valence-corrected chi connectivity index (χ1v) is 8.58. The number of nitro benzene ring substituents is 1. The summed E-state index contributed by atoms with van der Waals surface area (Å²) in [6.07, 6.45) is 0.346. The Hall–Kier alpha value is -2.64. The number of halogens is 2. The number of carbonyl (C=O) groups is 1. The molecule has 0 fully saturated rings. The van der Waals surface area contributed by atoms with Crippen molar-refractivity contribution < 1.29 is 19.3 Å². The van der Waals surface area contributed by atoms with Crippen LogP contribution in [0.4, 0.5) is 5.69 Å². The lowest BCUT2D eigenvalue weighted by molar-refractivity contribution is -0.385. The van der Waals surface area contributed by atoms with Crippen molar-refractivity contribution in [3.8, 4) is 0 Å². The number of methoxy groups -OCH3 is 1. The minimum Gasteiger partial charge on any atom is -0.465 e. The number of esters is 1. The fraction of sp³-hybridized carbons (Fsp3) is 0.222. The molecule has 2 aromatic carbocycles. The van der Waals surface area contributed by atoms with Crippen LogP contribution < -0.4 is 0 Å². The van der Waals surface area contributed by atoms with Crippen molar-refractivity contribution in [3.05, 3.63) is 73.2 Å². The van der Waals surface area contributed by atoms with Gasteiger partial charge in [-0.05, 0) is 31.2 Å². The van der Waals surface area contributed by atoms with Crippen LogP contribution in [0.3, 0.4) is 0 Å². The minimum atomic E-state index is -0.820. The Balaban J connectivity index is 1.93. The number of oxime groups is 1. The Morgan fingerprint density at radius 2 is 1.93 bits per heavy atom. The summed E-state index contributed by atoms with van der Waals surface area (Å²) in [6, 6.07) is 9.27. The molecule has 0 saturated heterocycles. The Labute approximate surface area is 164 Å². The minimum absolute atomic E-state index is 0.129. The molecule has 2 aromatic rings. The first-order chi connectivity index (χ1) is 12.7. The monoisotopic (exact) mass is 408 g/mol. The molecule has 0 amide bonds. The predicted octanol–water partition coefficient (Wildman–Crippen LogP) is 4.73. The van der Waals surface area contributed by atoms with Crippen molar-refractivity contribution in [2.45, 2.75) is 18.9 Å². The third-order valence-electron chi connectivity index (χ3n) is 4.27. The van der Waals surface area contributed by atoms with Crippen molar-refractivity contribution in [1.82, 2.24) is 0 Å². The average molecular weight is 409 g/mol. The number of nitro groups is 1. The van der Waals surface area contributed by atoms with E-state index in [2.05, 4.69) is 9.89 Å². The van der Waals surface area contributed by atoms with Gasteiger partial charge in [0.2, 0.25) is 0 Å². The van der Waals surface area contributed by atoms with E-state index in [0.29, 0.717) is 27.7 Å². The van der Waals surface area contributed by atoms with Gasteiger partial charge < -0.3 is 9.57 Å². The molecule has 27 heavy (non-hydrogen) atoms. The van der Waals surface area contributed by atoms with Crippen LogP contribution in [0.1, 0.15) is 34.8 Å². The van der Waals surface area contributed by atoms with E-state index in [9.17, 15) is 14.9 Å². The van der Waals surface area contributed by atoms with Gasteiger partial charge in [0.1, 0.15) is 5.56 Å². The zero-order valence-electron chi connectivity index (χ0n) is 14.4. The van der Waals surface area contributed by atoms with Crippen LogP contribution in [0.2, 0.25) is 10.0 Å². The van der Waals surface area contributed by atoms with E-state index >= 15 is 0 Å². The topological polar surface area (TPSA) is 91.0 Å². The third kappa shape index (κ3) is 3.74. The first kappa shape index (κ1) is 19.1. The number of ether oxygens (including phenoxy) is 1. The summed E-state index contributed by atoms with van der Waals surface area (Å²) in [4.78, 5) is 28.0. The zero-order chi connectivity index (χ0) is 19.8. The summed E-state index contributed by atoms with van der Waals surface area (Å²) < 4.78 is 4.58. The molecule has 1 aliphatic rings. The van der Waals surface area contributed by atoms with E-state index in [1.54, 1.807) is 24.3 Å². The van der Waals surface area contributed by atoms with Crippen LogP contribution in [0, 0.1) is 10.1 Å². The van der Waals surface area contributed by atoms with Crippen LogP contribution in [-0.4, -0.2) is 23.7 Å². The van der Waals surface area contributed by atoms with Crippen molar-refractivity contribution in [1.29, 1.82) is 0 Å². The van der Waals surface area contributed by atoms with Crippen LogP contribution >= 0.6 is 23.2 Å². The predicted molar refractivity (Wildman–Crippen MR) is 100 cm³/mol. The number of carbonyl (C=O) groups excluding carboxylic acids is 1. The summed E-state index contributed by atoms with van der Waals surface area (Å²) in [5, 5.41) is 16.3. The SMILES string of the molecule is COC(=O)c1ccc(C2=NOC(C)(c3cc(Cl)cc(Cl)c3)C2)cc1[N+](=O)[O-]. The first-order valence-electron chi connectivity index (χ1n) is 7.82. The molecular weight excluding hydrogens is 395 g/mol. The number of benzene rings is 2. The van der Waals surface area contributed by atoms with Gasteiger partial charge in [0.05, 0.1) is 17.7 Å². The molecule has 1 atom stereocenters. The summed E-state index contributed by atoms with van der Waals surface area (Å²) in [5.41, 5.74) is 0.412. The molecule has 1 aliphatic heterocycles. The summed E-state index contributed by atoms with van der Waals surface area (Å²) >= 11 is 12.1. The maximum Gasteiger partial charge on any atom is 0.344 e. The Morgan fingerprint density at radius 3 is 2.52 bits per heavy atom. The van der Waals surface area contributed by atoms with Crippen LogP contribution in [0.25, 0.3) is 0 Å². The van der Waals surface area contributed by atoms with Crippen molar-refractivity contribution in [2.24, 2.45) is 5.16 Å². The van der Waals surface area contributed by atoms with Crippen molar-refractivity contribution in [3.63, 3.8) is 0 Å². The lowest BCUT2D eigenvalue weighted by Crippen LogP contribution is -2.22. The van der Waals surface area contributed by atoms with Crippen molar-refractivity contribution in [2.75, 3.05) is 7.11 Å². The molecule has 0 spiro atoms. The van der Waals surface area contributed by atoms with E-state index in [0.717, 1.165) is 12.7 Å². The molecule has 7 nitrogen and oxygen atoms in total. The molecule has 140 valence electrons. The Kier molecular flexibility index (Phi) is 5.08. The summed E-state index contributed by atoms with van der Waals surface area (Å²) in [5.74, 6) is -0.781. The number of rotatable bonds is 4. The lowest BCUT2D eigenvalue weighted by Gasteiger charge is -2.22. The van der Waals surface area contributed by atoms with E-state index in [-0.39, 0.29) is 11.3 Å². The molecule has 0 radical (unpaired) electrons. The van der Waals surface area contributed by atoms with Gasteiger partial charge in [0.25, 0.3) is 5.69 Å². The van der Waals surface area contributed by atoms with Gasteiger partial charge in [-0.3, -0.25) is 10.1 Å². The van der Waals surface area contributed by atoms with E-state index in [4.69, 9.17) is 28.0 Å². The van der Waals surface area contributed by atoms with Gasteiger partial charge in [-0.2, -0.15) is 0 Å². The highest BCUT2D eigenvalue weighted by molar-refractivity contribution is 6.34. The summed E-state index contributed by atoms with van der Waals surface area (Å²) in [6.45, 7) is 1.82. The highest BCUT2D eigenvalue weighted by atomic mass is 35.5. The van der Waals surface area contributed by atoms with E-state index in [1.165, 1.54) is 12.1 Å². The molecule has 1 unspecified atom stereocenters. The molecule has 0 bridgehead atoms. The quantitative estimate of drug-likeness (QED) is 0.414. The highest BCUT2D eigenvalue weighted by Crippen LogP contribution is 2.38. The Bertz CT molecular complexity index is 956. The Morgan fingerprint density at radius 1 is 1.26 bits per heavy atom.